The molecule has 0 aliphatic heterocycles. The third-order valence-electron chi connectivity index (χ3n) is 3.78. The third kappa shape index (κ3) is 5.83. The molecule has 0 atom stereocenters. The van der Waals surface area contributed by atoms with Crippen LogP contribution in [0.25, 0.3) is 0 Å². The van der Waals surface area contributed by atoms with Crippen molar-refractivity contribution < 1.29 is 18.7 Å². The van der Waals surface area contributed by atoms with E-state index in [1.54, 1.807) is 42.5 Å². The fourth-order valence-electron chi connectivity index (χ4n) is 2.36. The van der Waals surface area contributed by atoms with E-state index in [1.165, 1.54) is 6.07 Å². The number of amides is 2. The SMILES string of the molecule is O=C(CNC(=O)c1ccc(COc2ccc(Cl)cc2Cl)o1)Nc1cccc(Cl)c1Cl. The number of halogens is 4. The minimum absolute atomic E-state index is 0.0318. The van der Waals surface area contributed by atoms with Gasteiger partial charge in [0.05, 0.1) is 27.3 Å². The Morgan fingerprint density at radius 3 is 2.53 bits per heavy atom. The molecule has 6 nitrogen and oxygen atoms in total. The van der Waals surface area contributed by atoms with Crippen molar-refractivity contribution in [2.24, 2.45) is 0 Å². The molecular weight excluding hydrogens is 474 g/mol. The molecule has 0 saturated carbocycles. The van der Waals surface area contributed by atoms with Crippen molar-refractivity contribution in [1.29, 1.82) is 0 Å². The minimum Gasteiger partial charge on any atom is -0.484 e. The van der Waals surface area contributed by atoms with Gasteiger partial charge < -0.3 is 19.8 Å². The zero-order chi connectivity index (χ0) is 21.7. The number of hydrogen-bond acceptors (Lipinski definition) is 4. The van der Waals surface area contributed by atoms with E-state index in [9.17, 15) is 9.59 Å². The second-order valence-corrected chi connectivity index (χ2v) is 7.59. The van der Waals surface area contributed by atoms with Crippen LogP contribution in [0.5, 0.6) is 5.75 Å². The van der Waals surface area contributed by atoms with Gasteiger partial charge in [-0.3, -0.25) is 9.59 Å². The van der Waals surface area contributed by atoms with Gasteiger partial charge in [0.15, 0.2) is 5.76 Å². The lowest BCUT2D eigenvalue weighted by atomic mass is 10.3. The number of ether oxygens (including phenoxy) is 1. The Kier molecular flexibility index (Phi) is 7.50. The molecule has 1 aromatic heterocycles. The highest BCUT2D eigenvalue weighted by molar-refractivity contribution is 6.44. The van der Waals surface area contributed by atoms with Gasteiger partial charge in [0, 0.05) is 5.02 Å². The summed E-state index contributed by atoms with van der Waals surface area (Å²) in [6.45, 7) is -0.225. The number of nitrogens with one attached hydrogen (secondary N) is 2. The maximum atomic E-state index is 12.2. The van der Waals surface area contributed by atoms with Crippen LogP contribution in [0.2, 0.25) is 20.1 Å². The average Bonchev–Trinajstić information content (AvgIpc) is 3.18. The maximum Gasteiger partial charge on any atom is 0.287 e. The van der Waals surface area contributed by atoms with Crippen molar-refractivity contribution in [1.82, 2.24) is 5.32 Å². The van der Waals surface area contributed by atoms with E-state index in [4.69, 9.17) is 55.6 Å². The Bertz CT molecular complexity index is 1080. The predicted molar refractivity (Wildman–Crippen MR) is 117 cm³/mol. The van der Waals surface area contributed by atoms with Crippen LogP contribution in [0.15, 0.2) is 52.9 Å². The van der Waals surface area contributed by atoms with Crippen LogP contribution in [0.3, 0.4) is 0 Å². The molecule has 0 saturated heterocycles. The first-order chi connectivity index (χ1) is 14.3. The third-order valence-corrected chi connectivity index (χ3v) is 5.13. The molecule has 30 heavy (non-hydrogen) atoms. The van der Waals surface area contributed by atoms with Crippen LogP contribution in [-0.4, -0.2) is 18.4 Å². The summed E-state index contributed by atoms with van der Waals surface area (Å²) in [5, 5.41) is 6.40. The van der Waals surface area contributed by atoms with Gasteiger partial charge >= 0.3 is 0 Å². The Hall–Kier alpha value is -2.38. The molecular formula is C20H14Cl4N2O4. The molecule has 0 bridgehead atoms. The molecule has 3 aromatic rings. The number of carbonyl (C=O) groups excluding carboxylic acids is 2. The van der Waals surface area contributed by atoms with Crippen molar-refractivity contribution in [2.45, 2.75) is 6.61 Å². The second kappa shape index (κ2) is 10.1. The molecule has 2 amide bonds. The quantitative estimate of drug-likeness (QED) is 0.438. The molecule has 0 unspecified atom stereocenters. The molecule has 0 fully saturated rings. The zero-order valence-electron chi connectivity index (χ0n) is 15.2. The minimum atomic E-state index is -0.557. The number of benzene rings is 2. The van der Waals surface area contributed by atoms with Crippen molar-refractivity contribution in [3.8, 4) is 5.75 Å². The fraction of sp³-hybridized carbons (Fsp3) is 0.100. The Morgan fingerprint density at radius 1 is 0.967 bits per heavy atom. The summed E-state index contributed by atoms with van der Waals surface area (Å²) in [6, 6.07) is 12.7. The van der Waals surface area contributed by atoms with E-state index >= 15 is 0 Å². The van der Waals surface area contributed by atoms with E-state index < -0.39 is 11.8 Å². The van der Waals surface area contributed by atoms with Gasteiger partial charge in [0.1, 0.15) is 18.1 Å². The van der Waals surface area contributed by atoms with E-state index in [0.717, 1.165) is 0 Å². The Balaban J connectivity index is 1.51. The summed E-state index contributed by atoms with van der Waals surface area (Å²) in [4.78, 5) is 24.2. The summed E-state index contributed by atoms with van der Waals surface area (Å²) >= 11 is 23.8. The fourth-order valence-corrected chi connectivity index (χ4v) is 3.17. The topological polar surface area (TPSA) is 80.6 Å². The molecule has 2 aromatic carbocycles. The van der Waals surface area contributed by atoms with Gasteiger partial charge in [-0.25, -0.2) is 0 Å². The average molecular weight is 488 g/mol. The van der Waals surface area contributed by atoms with E-state index in [0.29, 0.717) is 32.3 Å². The lowest BCUT2D eigenvalue weighted by Crippen LogP contribution is -2.32. The van der Waals surface area contributed by atoms with Crippen LogP contribution < -0.4 is 15.4 Å². The van der Waals surface area contributed by atoms with Crippen LogP contribution in [0.1, 0.15) is 16.3 Å². The van der Waals surface area contributed by atoms with Gasteiger partial charge in [0.25, 0.3) is 5.91 Å². The first-order valence-corrected chi connectivity index (χ1v) is 10.0. The highest BCUT2D eigenvalue weighted by Gasteiger charge is 2.14. The van der Waals surface area contributed by atoms with Gasteiger partial charge in [-0.05, 0) is 42.5 Å². The molecule has 3 rings (SSSR count). The number of furan rings is 1. The molecule has 2 N–H and O–H groups in total. The number of anilines is 1. The van der Waals surface area contributed by atoms with Crippen molar-refractivity contribution in [3.05, 3.63) is 80.1 Å². The Morgan fingerprint density at radius 2 is 1.77 bits per heavy atom. The van der Waals surface area contributed by atoms with Gasteiger partial charge in [-0.1, -0.05) is 52.5 Å². The highest BCUT2D eigenvalue weighted by atomic mass is 35.5. The summed E-state index contributed by atoms with van der Waals surface area (Å²) in [7, 11) is 0. The molecule has 156 valence electrons. The maximum absolute atomic E-state index is 12.2. The number of carbonyl (C=O) groups is 2. The second-order valence-electron chi connectivity index (χ2n) is 5.96. The van der Waals surface area contributed by atoms with E-state index in [1.807, 2.05) is 0 Å². The normalized spacial score (nSPS) is 10.5. The molecule has 0 spiro atoms. The molecule has 0 aliphatic carbocycles. The first kappa shape index (κ1) is 22.3. The summed E-state index contributed by atoms with van der Waals surface area (Å²) in [5.74, 6) is -0.163. The number of hydrogen-bond donors (Lipinski definition) is 2. The van der Waals surface area contributed by atoms with Crippen LogP contribution in [0.4, 0.5) is 5.69 Å². The van der Waals surface area contributed by atoms with Crippen LogP contribution in [0, 0.1) is 0 Å². The van der Waals surface area contributed by atoms with E-state index in [-0.39, 0.29) is 23.9 Å². The summed E-state index contributed by atoms with van der Waals surface area (Å²) in [5.41, 5.74) is 0.349. The summed E-state index contributed by atoms with van der Waals surface area (Å²) < 4.78 is 11.0. The smallest absolute Gasteiger partial charge is 0.287 e. The van der Waals surface area contributed by atoms with Gasteiger partial charge in [-0.15, -0.1) is 0 Å². The van der Waals surface area contributed by atoms with Crippen LogP contribution in [-0.2, 0) is 11.4 Å². The highest BCUT2D eigenvalue weighted by Crippen LogP contribution is 2.29. The largest absolute Gasteiger partial charge is 0.484 e. The molecule has 0 aliphatic rings. The summed E-state index contributed by atoms with van der Waals surface area (Å²) in [6.07, 6.45) is 0. The lowest BCUT2D eigenvalue weighted by Gasteiger charge is -2.08. The van der Waals surface area contributed by atoms with Crippen LogP contribution >= 0.6 is 46.4 Å². The van der Waals surface area contributed by atoms with Crippen molar-refractivity contribution in [3.63, 3.8) is 0 Å². The van der Waals surface area contributed by atoms with Crippen molar-refractivity contribution >= 4 is 63.9 Å². The zero-order valence-corrected chi connectivity index (χ0v) is 18.2. The van der Waals surface area contributed by atoms with Gasteiger partial charge in [-0.2, -0.15) is 0 Å². The molecule has 0 radical (unpaired) electrons. The monoisotopic (exact) mass is 486 g/mol. The van der Waals surface area contributed by atoms with Gasteiger partial charge in [0.2, 0.25) is 5.91 Å². The predicted octanol–water partition coefficient (Wildman–Crippen LogP) is 5.84. The lowest BCUT2D eigenvalue weighted by molar-refractivity contribution is -0.115. The molecule has 10 heteroatoms. The number of rotatable bonds is 7. The molecule has 1 heterocycles. The first-order valence-electron chi connectivity index (χ1n) is 8.52. The van der Waals surface area contributed by atoms with Crippen molar-refractivity contribution in [2.75, 3.05) is 11.9 Å². The standard InChI is InChI=1S/C20H14Cl4N2O4/c21-11-4-6-16(14(23)8-11)29-10-12-5-7-17(30-12)20(28)25-9-18(27)26-15-3-1-2-13(22)19(15)24/h1-8H,9-10H2,(H,25,28)(H,26,27). The van der Waals surface area contributed by atoms with E-state index in [2.05, 4.69) is 10.6 Å². The Labute approximate surface area is 192 Å².